The molecular weight excluding hydrogens is 406 g/mol. The van der Waals surface area contributed by atoms with E-state index in [9.17, 15) is 13.2 Å². The Morgan fingerprint density at radius 3 is 1.77 bits per heavy atom. The Bertz CT molecular complexity index is 732. The van der Waals surface area contributed by atoms with Gasteiger partial charge in [0, 0.05) is 17.3 Å². The number of nitrogen functional groups attached to an aromatic ring is 1. The fourth-order valence-corrected chi connectivity index (χ4v) is 3.10. The number of halogens is 8. The Kier molecular flexibility index (Phi) is 4.95. The molecule has 2 rings (SSSR count). The molecule has 0 saturated heterocycles. The van der Waals surface area contributed by atoms with E-state index in [4.69, 9.17) is 63.7 Å². The van der Waals surface area contributed by atoms with Gasteiger partial charge in [-0.15, -0.1) is 0 Å². The average molecular weight is 410 g/mol. The SMILES string of the molecule is Nc1c(-c2c(Cl)c(Cl)c(Cl)c(Cl)c2Cl)ccnc1C(F)(F)F. The Morgan fingerprint density at radius 1 is 0.864 bits per heavy atom. The van der Waals surface area contributed by atoms with Crippen LogP contribution < -0.4 is 5.73 Å². The highest BCUT2D eigenvalue weighted by Crippen LogP contribution is 2.50. The first-order valence-electron chi connectivity index (χ1n) is 5.40. The molecule has 2 nitrogen and oxygen atoms in total. The molecule has 0 aliphatic rings. The van der Waals surface area contributed by atoms with Gasteiger partial charge in [-0.3, -0.25) is 0 Å². The van der Waals surface area contributed by atoms with Crippen LogP contribution in [0.1, 0.15) is 5.69 Å². The average Bonchev–Trinajstić information content (AvgIpc) is 2.43. The van der Waals surface area contributed by atoms with Crippen LogP contribution in [0.2, 0.25) is 25.1 Å². The molecule has 22 heavy (non-hydrogen) atoms. The lowest BCUT2D eigenvalue weighted by atomic mass is 10.0. The van der Waals surface area contributed by atoms with Crippen molar-refractivity contribution >= 4 is 63.7 Å². The number of alkyl halides is 3. The van der Waals surface area contributed by atoms with Gasteiger partial charge in [0.15, 0.2) is 5.69 Å². The molecule has 1 aromatic heterocycles. The molecule has 2 aromatic rings. The second-order valence-corrected chi connectivity index (χ2v) is 5.95. The van der Waals surface area contributed by atoms with Gasteiger partial charge in [0.2, 0.25) is 0 Å². The van der Waals surface area contributed by atoms with Crippen LogP contribution in [0.3, 0.4) is 0 Å². The van der Waals surface area contributed by atoms with E-state index in [0.717, 1.165) is 6.20 Å². The number of benzene rings is 1. The summed E-state index contributed by atoms with van der Waals surface area (Å²) >= 11 is 29.7. The minimum atomic E-state index is -4.74. The van der Waals surface area contributed by atoms with Crippen LogP contribution in [0.15, 0.2) is 12.3 Å². The molecule has 1 aromatic carbocycles. The van der Waals surface area contributed by atoms with Crippen LogP contribution in [0, 0.1) is 0 Å². The Hall–Kier alpha value is -0.590. The van der Waals surface area contributed by atoms with E-state index in [1.807, 2.05) is 0 Å². The van der Waals surface area contributed by atoms with Gasteiger partial charge >= 0.3 is 6.18 Å². The standard InChI is InChI=1S/C12H4Cl5F3N2/c13-5-4(6(14)8(16)9(17)7(5)15)3-1-2-22-11(10(3)21)12(18,19)20/h1-2H,21H2. The summed E-state index contributed by atoms with van der Waals surface area (Å²) in [6.45, 7) is 0. The highest BCUT2D eigenvalue weighted by Gasteiger charge is 2.36. The van der Waals surface area contributed by atoms with Gasteiger partial charge in [0.25, 0.3) is 0 Å². The maximum atomic E-state index is 12.9. The molecule has 0 fully saturated rings. The van der Waals surface area contributed by atoms with Gasteiger partial charge in [0.05, 0.1) is 30.8 Å². The van der Waals surface area contributed by atoms with Crippen molar-refractivity contribution in [3.05, 3.63) is 43.1 Å². The third kappa shape index (κ3) is 2.93. The molecule has 10 heteroatoms. The van der Waals surface area contributed by atoms with Gasteiger partial charge in [-0.25, -0.2) is 4.98 Å². The van der Waals surface area contributed by atoms with Crippen molar-refractivity contribution in [2.24, 2.45) is 0 Å². The summed E-state index contributed by atoms with van der Waals surface area (Å²) in [5.74, 6) is 0. The minimum absolute atomic E-state index is 0.0480. The Labute approximate surface area is 147 Å². The zero-order valence-electron chi connectivity index (χ0n) is 10.2. The molecule has 0 unspecified atom stereocenters. The molecule has 118 valence electrons. The van der Waals surface area contributed by atoms with E-state index >= 15 is 0 Å². The summed E-state index contributed by atoms with van der Waals surface area (Å²) in [7, 11) is 0. The molecule has 2 N–H and O–H groups in total. The fraction of sp³-hybridized carbons (Fsp3) is 0.0833. The highest BCUT2D eigenvalue weighted by molar-refractivity contribution is 6.56. The van der Waals surface area contributed by atoms with Gasteiger partial charge in [-0.05, 0) is 6.07 Å². The predicted molar refractivity (Wildman–Crippen MR) is 84.1 cm³/mol. The van der Waals surface area contributed by atoms with Crippen molar-refractivity contribution < 1.29 is 13.2 Å². The lowest BCUT2D eigenvalue weighted by Gasteiger charge is -2.16. The monoisotopic (exact) mass is 408 g/mol. The summed E-state index contributed by atoms with van der Waals surface area (Å²) in [6, 6.07) is 1.22. The van der Waals surface area contributed by atoms with Gasteiger partial charge < -0.3 is 5.73 Å². The smallest absolute Gasteiger partial charge is 0.396 e. The molecule has 1 heterocycles. The van der Waals surface area contributed by atoms with Crippen molar-refractivity contribution in [2.45, 2.75) is 6.18 Å². The van der Waals surface area contributed by atoms with Crippen LogP contribution in [-0.4, -0.2) is 4.98 Å². The van der Waals surface area contributed by atoms with Crippen molar-refractivity contribution in [1.29, 1.82) is 0 Å². The molecule has 0 atom stereocenters. The maximum Gasteiger partial charge on any atom is 0.435 e. The topological polar surface area (TPSA) is 38.9 Å². The zero-order valence-corrected chi connectivity index (χ0v) is 14.0. The largest absolute Gasteiger partial charge is 0.435 e. The number of aromatic nitrogens is 1. The van der Waals surface area contributed by atoms with Crippen LogP contribution in [-0.2, 0) is 6.18 Å². The summed E-state index contributed by atoms with van der Waals surface area (Å²) in [4.78, 5) is 3.23. The number of nitrogens with two attached hydrogens (primary N) is 1. The number of hydrogen-bond donors (Lipinski definition) is 1. The van der Waals surface area contributed by atoms with Crippen LogP contribution in [0.25, 0.3) is 11.1 Å². The molecule has 0 aliphatic carbocycles. The van der Waals surface area contributed by atoms with Crippen molar-refractivity contribution in [1.82, 2.24) is 4.98 Å². The Morgan fingerprint density at radius 2 is 1.32 bits per heavy atom. The fourth-order valence-electron chi connectivity index (χ4n) is 1.76. The lowest BCUT2D eigenvalue weighted by molar-refractivity contribution is -0.140. The molecule has 0 bridgehead atoms. The third-order valence-electron chi connectivity index (χ3n) is 2.74. The molecule has 0 radical (unpaired) electrons. The summed E-state index contributed by atoms with van der Waals surface area (Å²) in [5, 5.41) is -0.708. The number of anilines is 1. The molecular formula is C12H4Cl5F3N2. The minimum Gasteiger partial charge on any atom is -0.396 e. The van der Waals surface area contributed by atoms with Gasteiger partial charge in [-0.2, -0.15) is 13.2 Å². The highest BCUT2D eigenvalue weighted by atomic mass is 35.5. The summed E-state index contributed by atoms with van der Waals surface area (Å²) in [5.41, 5.74) is 3.50. The number of pyridine rings is 1. The molecule has 0 amide bonds. The van der Waals surface area contributed by atoms with E-state index in [1.54, 1.807) is 0 Å². The lowest BCUT2D eigenvalue weighted by Crippen LogP contribution is -2.12. The second kappa shape index (κ2) is 6.13. The van der Waals surface area contributed by atoms with E-state index in [2.05, 4.69) is 4.98 Å². The molecule has 0 spiro atoms. The van der Waals surface area contributed by atoms with Crippen molar-refractivity contribution in [3.63, 3.8) is 0 Å². The summed E-state index contributed by atoms with van der Waals surface area (Å²) in [6.07, 6.45) is -3.81. The van der Waals surface area contributed by atoms with Crippen LogP contribution in [0.5, 0.6) is 0 Å². The van der Waals surface area contributed by atoms with Gasteiger partial charge in [0.1, 0.15) is 0 Å². The first-order chi connectivity index (χ1) is 10.1. The quantitative estimate of drug-likeness (QED) is 0.424. The van der Waals surface area contributed by atoms with E-state index in [0.29, 0.717) is 0 Å². The molecule has 0 saturated carbocycles. The number of hydrogen-bond acceptors (Lipinski definition) is 2. The third-order valence-corrected chi connectivity index (χ3v) is 5.01. The zero-order chi connectivity index (χ0) is 16.8. The number of nitrogens with zero attached hydrogens (tertiary/aromatic N) is 1. The summed E-state index contributed by atoms with van der Waals surface area (Å²) < 4.78 is 38.7. The Balaban J connectivity index is 2.85. The number of rotatable bonds is 1. The van der Waals surface area contributed by atoms with E-state index in [1.165, 1.54) is 6.07 Å². The predicted octanol–water partition coefficient (Wildman–Crippen LogP) is 6.62. The van der Waals surface area contributed by atoms with Crippen molar-refractivity contribution in [2.75, 3.05) is 5.73 Å². The van der Waals surface area contributed by atoms with E-state index in [-0.39, 0.29) is 36.2 Å². The van der Waals surface area contributed by atoms with Crippen LogP contribution in [0.4, 0.5) is 18.9 Å². The van der Waals surface area contributed by atoms with Crippen LogP contribution >= 0.6 is 58.0 Å². The molecule has 0 aliphatic heterocycles. The first kappa shape index (κ1) is 17.8. The van der Waals surface area contributed by atoms with E-state index < -0.39 is 17.6 Å². The van der Waals surface area contributed by atoms with Crippen molar-refractivity contribution in [3.8, 4) is 11.1 Å². The normalized spacial score (nSPS) is 11.8. The van der Waals surface area contributed by atoms with Gasteiger partial charge in [-0.1, -0.05) is 58.0 Å². The second-order valence-electron chi connectivity index (χ2n) is 4.06. The first-order valence-corrected chi connectivity index (χ1v) is 7.29. The maximum absolute atomic E-state index is 12.9.